The highest BCUT2D eigenvalue weighted by Gasteiger charge is 2.27. The van der Waals surface area contributed by atoms with Gasteiger partial charge in [0.15, 0.2) is 0 Å². The lowest BCUT2D eigenvalue weighted by Gasteiger charge is -2.32. The van der Waals surface area contributed by atoms with E-state index in [-0.39, 0.29) is 0 Å². The van der Waals surface area contributed by atoms with Gasteiger partial charge in [0.05, 0.1) is 3.79 Å². The van der Waals surface area contributed by atoms with E-state index in [9.17, 15) is 0 Å². The predicted molar refractivity (Wildman–Crippen MR) is 74.9 cm³/mol. The van der Waals surface area contributed by atoms with Gasteiger partial charge in [-0.25, -0.2) is 0 Å². The van der Waals surface area contributed by atoms with Gasteiger partial charge in [0.25, 0.3) is 0 Å². The van der Waals surface area contributed by atoms with Crippen LogP contribution in [0.1, 0.15) is 43.5 Å². The van der Waals surface area contributed by atoms with Crippen molar-refractivity contribution in [3.8, 4) is 0 Å². The van der Waals surface area contributed by atoms with Crippen molar-refractivity contribution in [2.24, 2.45) is 11.8 Å². The molecule has 0 saturated heterocycles. The molecule has 2 rings (SSSR count). The first kappa shape index (κ1) is 12.6. The maximum atomic E-state index is 3.56. The lowest BCUT2D eigenvalue weighted by molar-refractivity contribution is 0.232. The molecule has 1 N–H and O–H groups in total. The van der Waals surface area contributed by atoms with E-state index in [2.05, 4.69) is 47.4 Å². The number of thiophene rings is 1. The van der Waals surface area contributed by atoms with Crippen LogP contribution in [0.2, 0.25) is 0 Å². The van der Waals surface area contributed by atoms with E-state index in [4.69, 9.17) is 0 Å². The highest BCUT2D eigenvalue weighted by Crippen LogP contribution is 2.39. The third-order valence-electron chi connectivity index (χ3n) is 3.66. The largest absolute Gasteiger partial charge is 0.312 e. The van der Waals surface area contributed by atoms with Crippen molar-refractivity contribution in [2.45, 2.75) is 38.6 Å². The van der Waals surface area contributed by atoms with Crippen LogP contribution in [0.5, 0.6) is 0 Å². The van der Waals surface area contributed by atoms with Crippen molar-refractivity contribution in [3.05, 3.63) is 20.8 Å². The Kier molecular flexibility index (Phi) is 4.45. The average molecular weight is 302 g/mol. The van der Waals surface area contributed by atoms with E-state index >= 15 is 0 Å². The van der Waals surface area contributed by atoms with E-state index in [0.717, 1.165) is 11.8 Å². The Morgan fingerprint density at radius 2 is 2.25 bits per heavy atom. The molecule has 3 atom stereocenters. The third-order valence-corrected chi connectivity index (χ3v) is 5.37. The van der Waals surface area contributed by atoms with Gasteiger partial charge in [-0.1, -0.05) is 19.8 Å². The van der Waals surface area contributed by atoms with Gasteiger partial charge in [-0.15, -0.1) is 11.3 Å². The molecular weight excluding hydrogens is 282 g/mol. The number of rotatable bonds is 3. The summed E-state index contributed by atoms with van der Waals surface area (Å²) in [5.41, 5.74) is 0. The molecule has 1 aromatic rings. The van der Waals surface area contributed by atoms with Crippen LogP contribution >= 0.6 is 27.3 Å². The molecular formula is C13H20BrNS. The van der Waals surface area contributed by atoms with E-state index in [1.54, 1.807) is 0 Å². The molecule has 1 aromatic heterocycles. The fourth-order valence-corrected chi connectivity index (χ4v) is 4.52. The van der Waals surface area contributed by atoms with Gasteiger partial charge in [-0.2, -0.15) is 0 Å². The molecule has 1 saturated carbocycles. The SMILES string of the molecule is CNC(c1ccc(Br)s1)C1CCCC(C)C1. The molecule has 3 unspecified atom stereocenters. The summed E-state index contributed by atoms with van der Waals surface area (Å²) in [6.45, 7) is 2.39. The molecule has 1 aliphatic carbocycles. The number of hydrogen-bond donors (Lipinski definition) is 1. The lowest BCUT2D eigenvalue weighted by atomic mass is 9.78. The highest BCUT2D eigenvalue weighted by molar-refractivity contribution is 9.11. The van der Waals surface area contributed by atoms with Crippen molar-refractivity contribution >= 4 is 27.3 Å². The Morgan fingerprint density at radius 1 is 1.44 bits per heavy atom. The first-order valence-electron chi connectivity index (χ1n) is 6.13. The number of hydrogen-bond acceptors (Lipinski definition) is 2. The number of halogens is 1. The first-order valence-corrected chi connectivity index (χ1v) is 7.74. The second-order valence-corrected chi connectivity index (χ2v) is 7.43. The molecule has 0 amide bonds. The van der Waals surface area contributed by atoms with Crippen LogP contribution in [-0.4, -0.2) is 7.05 Å². The van der Waals surface area contributed by atoms with Crippen LogP contribution < -0.4 is 5.32 Å². The molecule has 1 heterocycles. The summed E-state index contributed by atoms with van der Waals surface area (Å²) in [6, 6.07) is 4.98. The Bertz CT molecular complexity index is 336. The topological polar surface area (TPSA) is 12.0 Å². The predicted octanol–water partition coefficient (Wildman–Crippen LogP) is 4.60. The van der Waals surface area contributed by atoms with Crippen LogP contribution in [0.15, 0.2) is 15.9 Å². The zero-order chi connectivity index (χ0) is 11.5. The normalized spacial score (nSPS) is 27.9. The molecule has 0 radical (unpaired) electrons. The van der Waals surface area contributed by atoms with Gasteiger partial charge in [0.1, 0.15) is 0 Å². The van der Waals surface area contributed by atoms with Gasteiger partial charge >= 0.3 is 0 Å². The summed E-state index contributed by atoms with van der Waals surface area (Å²) in [5, 5.41) is 3.51. The van der Waals surface area contributed by atoms with Crippen LogP contribution in [0.25, 0.3) is 0 Å². The average Bonchev–Trinajstić information content (AvgIpc) is 2.66. The summed E-state index contributed by atoms with van der Waals surface area (Å²) >= 11 is 5.43. The van der Waals surface area contributed by atoms with E-state index in [1.807, 2.05) is 11.3 Å². The molecule has 1 nitrogen and oxygen atoms in total. The Balaban J connectivity index is 2.09. The summed E-state index contributed by atoms with van der Waals surface area (Å²) in [4.78, 5) is 1.48. The molecule has 3 heteroatoms. The molecule has 1 aliphatic rings. The van der Waals surface area contributed by atoms with Crippen LogP contribution in [-0.2, 0) is 0 Å². The maximum Gasteiger partial charge on any atom is 0.0701 e. The Morgan fingerprint density at radius 3 is 2.81 bits per heavy atom. The van der Waals surface area contributed by atoms with Crippen molar-refractivity contribution < 1.29 is 0 Å². The minimum absolute atomic E-state index is 0.555. The Hall–Kier alpha value is 0.140. The molecule has 1 fully saturated rings. The van der Waals surface area contributed by atoms with E-state index in [0.29, 0.717) is 6.04 Å². The fourth-order valence-electron chi connectivity index (χ4n) is 2.89. The van der Waals surface area contributed by atoms with Gasteiger partial charge < -0.3 is 5.32 Å². The fraction of sp³-hybridized carbons (Fsp3) is 0.692. The van der Waals surface area contributed by atoms with Gasteiger partial charge in [0, 0.05) is 10.9 Å². The maximum absolute atomic E-state index is 3.56. The van der Waals surface area contributed by atoms with Crippen molar-refractivity contribution in [1.29, 1.82) is 0 Å². The highest BCUT2D eigenvalue weighted by atomic mass is 79.9. The van der Waals surface area contributed by atoms with Gasteiger partial charge in [0.2, 0.25) is 0 Å². The minimum atomic E-state index is 0.555. The van der Waals surface area contributed by atoms with Gasteiger partial charge in [-0.3, -0.25) is 0 Å². The zero-order valence-electron chi connectivity index (χ0n) is 10.0. The molecule has 0 spiro atoms. The standard InChI is InChI=1S/C13H20BrNS/c1-9-4-3-5-10(8-9)13(15-2)11-6-7-12(14)16-11/h6-7,9-10,13,15H,3-5,8H2,1-2H3. The summed E-state index contributed by atoms with van der Waals surface area (Å²) in [7, 11) is 2.09. The molecule has 0 aromatic carbocycles. The summed E-state index contributed by atoms with van der Waals surface area (Å²) < 4.78 is 1.24. The van der Waals surface area contributed by atoms with Crippen molar-refractivity contribution in [1.82, 2.24) is 5.32 Å². The van der Waals surface area contributed by atoms with Crippen LogP contribution in [0.3, 0.4) is 0 Å². The van der Waals surface area contributed by atoms with Crippen molar-refractivity contribution in [3.63, 3.8) is 0 Å². The first-order chi connectivity index (χ1) is 7.70. The minimum Gasteiger partial charge on any atom is -0.312 e. The monoisotopic (exact) mass is 301 g/mol. The number of nitrogens with one attached hydrogen (secondary N) is 1. The summed E-state index contributed by atoms with van der Waals surface area (Å²) in [6.07, 6.45) is 5.57. The zero-order valence-corrected chi connectivity index (χ0v) is 12.4. The second kappa shape index (κ2) is 5.65. The van der Waals surface area contributed by atoms with Crippen LogP contribution in [0, 0.1) is 11.8 Å². The van der Waals surface area contributed by atoms with E-state index < -0.39 is 0 Å². The second-order valence-electron chi connectivity index (χ2n) is 4.94. The Labute approximate surface area is 111 Å². The van der Waals surface area contributed by atoms with Crippen molar-refractivity contribution in [2.75, 3.05) is 7.05 Å². The summed E-state index contributed by atoms with van der Waals surface area (Å²) in [5.74, 6) is 1.72. The lowest BCUT2D eigenvalue weighted by Crippen LogP contribution is -2.28. The van der Waals surface area contributed by atoms with Gasteiger partial charge in [-0.05, 0) is 59.8 Å². The molecule has 0 bridgehead atoms. The van der Waals surface area contributed by atoms with Crippen LogP contribution in [0.4, 0.5) is 0 Å². The van der Waals surface area contributed by atoms with E-state index in [1.165, 1.54) is 34.3 Å². The molecule has 0 aliphatic heterocycles. The smallest absolute Gasteiger partial charge is 0.0701 e. The third kappa shape index (κ3) is 2.88. The molecule has 16 heavy (non-hydrogen) atoms. The molecule has 90 valence electrons. The quantitative estimate of drug-likeness (QED) is 0.860.